The lowest BCUT2D eigenvalue weighted by Crippen LogP contribution is -2.46. The normalized spacial score (nSPS) is 23.2. The number of nitrogens with zero attached hydrogens (tertiary/aromatic N) is 2. The van der Waals surface area contributed by atoms with Crippen molar-refractivity contribution in [1.82, 2.24) is 9.29 Å². The molecule has 118 valence electrons. The summed E-state index contributed by atoms with van der Waals surface area (Å²) < 4.78 is 26.9. The zero-order chi connectivity index (χ0) is 15.5. The molecule has 6 nitrogen and oxygen atoms in total. The van der Waals surface area contributed by atoms with Crippen LogP contribution in [0, 0.1) is 0 Å². The van der Waals surface area contributed by atoms with Crippen LogP contribution in [0.4, 0.5) is 5.82 Å². The van der Waals surface area contributed by atoms with Crippen LogP contribution >= 0.6 is 0 Å². The molecule has 1 aromatic heterocycles. The van der Waals surface area contributed by atoms with Crippen molar-refractivity contribution in [1.29, 1.82) is 0 Å². The van der Waals surface area contributed by atoms with Gasteiger partial charge < -0.3 is 10.4 Å². The van der Waals surface area contributed by atoms with Crippen LogP contribution in [0.1, 0.15) is 32.6 Å². The Balaban J connectivity index is 2.32. The average Bonchev–Trinajstić information content (AvgIpc) is 2.48. The first-order valence-corrected chi connectivity index (χ1v) is 8.77. The number of aliphatic hydroxyl groups excluding tert-OH is 1. The minimum absolute atomic E-state index is 0.159. The zero-order valence-electron chi connectivity index (χ0n) is 12.5. The maximum Gasteiger partial charge on any atom is 0.246 e. The average molecular weight is 313 g/mol. The Morgan fingerprint density at radius 3 is 2.81 bits per heavy atom. The molecule has 1 aliphatic rings. The molecule has 1 aromatic rings. The Kier molecular flexibility index (Phi) is 5.18. The summed E-state index contributed by atoms with van der Waals surface area (Å²) in [5.74, 6) is 0.358. The van der Waals surface area contributed by atoms with Crippen LogP contribution in [0.2, 0.25) is 0 Å². The summed E-state index contributed by atoms with van der Waals surface area (Å²) in [5, 5.41) is 13.1. The molecule has 2 rings (SSSR count). The zero-order valence-corrected chi connectivity index (χ0v) is 13.3. The smallest absolute Gasteiger partial charge is 0.246 e. The van der Waals surface area contributed by atoms with E-state index in [4.69, 9.17) is 0 Å². The Labute approximate surface area is 126 Å². The Morgan fingerprint density at radius 2 is 2.14 bits per heavy atom. The van der Waals surface area contributed by atoms with Gasteiger partial charge in [0.1, 0.15) is 10.7 Å². The SMILES string of the molecule is CCNc1ncccc1S(=O)(=O)N(C)C1CCCCC1O. The fourth-order valence-corrected chi connectivity index (χ4v) is 4.28. The van der Waals surface area contributed by atoms with Gasteiger partial charge in [0.05, 0.1) is 12.1 Å². The van der Waals surface area contributed by atoms with E-state index in [0.717, 1.165) is 12.8 Å². The lowest BCUT2D eigenvalue weighted by molar-refractivity contribution is 0.0638. The number of sulfonamides is 1. The van der Waals surface area contributed by atoms with Crippen LogP contribution in [0.3, 0.4) is 0 Å². The number of aromatic nitrogens is 1. The highest BCUT2D eigenvalue weighted by molar-refractivity contribution is 7.89. The third kappa shape index (κ3) is 3.36. The van der Waals surface area contributed by atoms with Crippen molar-refractivity contribution in [3.63, 3.8) is 0 Å². The molecule has 1 fully saturated rings. The van der Waals surface area contributed by atoms with E-state index in [1.54, 1.807) is 18.3 Å². The third-order valence-electron chi connectivity index (χ3n) is 3.93. The molecule has 0 radical (unpaired) electrons. The number of rotatable bonds is 5. The summed E-state index contributed by atoms with van der Waals surface area (Å²) in [6, 6.07) is 2.80. The minimum atomic E-state index is -3.68. The van der Waals surface area contributed by atoms with Gasteiger partial charge in [-0.25, -0.2) is 13.4 Å². The van der Waals surface area contributed by atoms with Crippen LogP contribution in [0.25, 0.3) is 0 Å². The molecule has 2 atom stereocenters. The van der Waals surface area contributed by atoms with E-state index in [2.05, 4.69) is 10.3 Å². The van der Waals surface area contributed by atoms with E-state index in [1.807, 2.05) is 6.92 Å². The fraction of sp³-hybridized carbons (Fsp3) is 0.643. The summed E-state index contributed by atoms with van der Waals surface area (Å²) in [6.07, 6.45) is 4.19. The topological polar surface area (TPSA) is 82.5 Å². The fourth-order valence-electron chi connectivity index (χ4n) is 2.75. The van der Waals surface area contributed by atoms with Gasteiger partial charge in [0.25, 0.3) is 0 Å². The van der Waals surface area contributed by atoms with Gasteiger partial charge in [-0.1, -0.05) is 12.8 Å². The number of aliphatic hydroxyl groups is 1. The number of hydrogen-bond acceptors (Lipinski definition) is 5. The van der Waals surface area contributed by atoms with Gasteiger partial charge in [0.15, 0.2) is 0 Å². The van der Waals surface area contributed by atoms with Crippen LogP contribution < -0.4 is 5.32 Å². The lowest BCUT2D eigenvalue weighted by Gasteiger charge is -2.34. The van der Waals surface area contributed by atoms with Crippen molar-refractivity contribution < 1.29 is 13.5 Å². The lowest BCUT2D eigenvalue weighted by atomic mass is 9.93. The molecule has 0 amide bonds. The Hall–Kier alpha value is -1.18. The maximum absolute atomic E-state index is 12.8. The maximum atomic E-state index is 12.8. The second-order valence-electron chi connectivity index (χ2n) is 5.32. The van der Waals surface area contributed by atoms with Gasteiger partial charge in [-0.2, -0.15) is 4.31 Å². The minimum Gasteiger partial charge on any atom is -0.391 e. The summed E-state index contributed by atoms with van der Waals surface area (Å²) in [7, 11) is -2.14. The molecule has 0 bridgehead atoms. The van der Waals surface area contributed by atoms with Gasteiger partial charge in [0, 0.05) is 19.8 Å². The molecule has 1 saturated carbocycles. The van der Waals surface area contributed by atoms with Crippen molar-refractivity contribution >= 4 is 15.8 Å². The van der Waals surface area contributed by atoms with Gasteiger partial charge in [0.2, 0.25) is 10.0 Å². The second kappa shape index (κ2) is 6.72. The first kappa shape index (κ1) is 16.2. The van der Waals surface area contributed by atoms with E-state index in [9.17, 15) is 13.5 Å². The van der Waals surface area contributed by atoms with Crippen LogP contribution in [0.5, 0.6) is 0 Å². The summed E-state index contributed by atoms with van der Waals surface area (Å²) in [5.41, 5.74) is 0. The molecule has 2 unspecified atom stereocenters. The molecule has 2 N–H and O–H groups in total. The molecule has 1 aliphatic carbocycles. The van der Waals surface area contributed by atoms with Gasteiger partial charge in [-0.3, -0.25) is 0 Å². The first-order chi connectivity index (χ1) is 9.98. The largest absolute Gasteiger partial charge is 0.391 e. The Bertz CT molecular complexity index is 577. The second-order valence-corrected chi connectivity index (χ2v) is 7.29. The van der Waals surface area contributed by atoms with E-state index < -0.39 is 16.1 Å². The summed E-state index contributed by atoms with van der Waals surface area (Å²) >= 11 is 0. The number of hydrogen-bond donors (Lipinski definition) is 2. The predicted molar refractivity (Wildman–Crippen MR) is 81.6 cm³/mol. The van der Waals surface area contributed by atoms with Crippen molar-refractivity contribution in [2.45, 2.75) is 49.6 Å². The van der Waals surface area contributed by atoms with E-state index in [-0.39, 0.29) is 10.9 Å². The molecular formula is C14H23N3O3S. The highest BCUT2D eigenvalue weighted by atomic mass is 32.2. The predicted octanol–water partition coefficient (Wildman–Crippen LogP) is 1.44. The van der Waals surface area contributed by atoms with Gasteiger partial charge in [-0.05, 0) is 31.9 Å². The van der Waals surface area contributed by atoms with E-state index in [0.29, 0.717) is 25.2 Å². The molecule has 7 heteroatoms. The number of anilines is 1. The number of pyridine rings is 1. The van der Waals surface area contributed by atoms with E-state index in [1.165, 1.54) is 11.4 Å². The summed E-state index contributed by atoms with van der Waals surface area (Å²) in [6.45, 7) is 2.48. The molecule has 21 heavy (non-hydrogen) atoms. The van der Waals surface area contributed by atoms with Crippen molar-refractivity contribution in [2.75, 3.05) is 18.9 Å². The van der Waals surface area contributed by atoms with E-state index >= 15 is 0 Å². The molecule has 1 heterocycles. The van der Waals surface area contributed by atoms with Crippen molar-refractivity contribution in [3.05, 3.63) is 18.3 Å². The molecular weight excluding hydrogens is 290 g/mol. The third-order valence-corrected chi connectivity index (χ3v) is 5.85. The highest BCUT2D eigenvalue weighted by Crippen LogP contribution is 2.29. The molecule has 0 aliphatic heterocycles. The highest BCUT2D eigenvalue weighted by Gasteiger charge is 2.35. The quantitative estimate of drug-likeness (QED) is 0.859. The number of likely N-dealkylation sites (N-methyl/N-ethyl adjacent to an activating group) is 1. The number of nitrogens with one attached hydrogen (secondary N) is 1. The van der Waals surface area contributed by atoms with Crippen LogP contribution in [-0.2, 0) is 10.0 Å². The van der Waals surface area contributed by atoms with Gasteiger partial charge >= 0.3 is 0 Å². The van der Waals surface area contributed by atoms with Crippen LogP contribution in [0.15, 0.2) is 23.2 Å². The van der Waals surface area contributed by atoms with Crippen LogP contribution in [-0.4, -0.2) is 48.6 Å². The summed E-state index contributed by atoms with van der Waals surface area (Å²) in [4.78, 5) is 4.26. The van der Waals surface area contributed by atoms with Crippen molar-refractivity contribution in [3.8, 4) is 0 Å². The standard InChI is InChI=1S/C14H23N3O3S/c1-3-15-14-13(9-6-10-16-14)21(19,20)17(2)11-7-4-5-8-12(11)18/h6,9-12,18H,3-5,7-8H2,1-2H3,(H,15,16). The monoisotopic (exact) mass is 313 g/mol. The molecule has 0 aromatic carbocycles. The molecule has 0 spiro atoms. The van der Waals surface area contributed by atoms with Gasteiger partial charge in [-0.15, -0.1) is 0 Å². The Morgan fingerprint density at radius 1 is 1.43 bits per heavy atom. The molecule has 0 saturated heterocycles. The van der Waals surface area contributed by atoms with Crippen molar-refractivity contribution in [2.24, 2.45) is 0 Å². The first-order valence-electron chi connectivity index (χ1n) is 7.33.